The minimum Gasteiger partial charge on any atom is -0.460 e. The summed E-state index contributed by atoms with van der Waals surface area (Å²) in [5.74, 6) is -0.763. The Balaban J connectivity index is 1.70. The van der Waals surface area contributed by atoms with Crippen LogP contribution in [0.2, 0.25) is 0 Å². The van der Waals surface area contributed by atoms with Gasteiger partial charge in [-0.05, 0) is 83.1 Å². The highest BCUT2D eigenvalue weighted by molar-refractivity contribution is 5.80. The maximum Gasteiger partial charge on any atom is 0.410 e. The van der Waals surface area contributed by atoms with E-state index in [4.69, 9.17) is 18.9 Å². The summed E-state index contributed by atoms with van der Waals surface area (Å²) in [5, 5.41) is 5.62. The number of nitrogens with one attached hydrogen (secondary N) is 2. The molecule has 0 spiro atoms. The molecule has 11 nitrogen and oxygen atoms in total. The molecule has 2 N–H and O–H groups in total. The van der Waals surface area contributed by atoms with Gasteiger partial charge in [0.05, 0.1) is 0 Å². The highest BCUT2D eigenvalue weighted by Gasteiger charge is 2.31. The van der Waals surface area contributed by atoms with E-state index < -0.39 is 41.5 Å². The second-order valence-corrected chi connectivity index (χ2v) is 13.4. The fourth-order valence-electron chi connectivity index (χ4n) is 5.19. The molecule has 3 amide bonds. The van der Waals surface area contributed by atoms with Gasteiger partial charge in [0.2, 0.25) is 0 Å². The van der Waals surface area contributed by atoms with Crippen molar-refractivity contribution in [2.75, 3.05) is 32.8 Å². The van der Waals surface area contributed by atoms with Gasteiger partial charge in [0.15, 0.2) is 0 Å². The van der Waals surface area contributed by atoms with E-state index in [2.05, 4.69) is 29.3 Å². The number of ether oxygens (including phenoxy) is 4. The maximum atomic E-state index is 13.2. The highest BCUT2D eigenvalue weighted by Crippen LogP contribution is 2.44. The van der Waals surface area contributed by atoms with E-state index in [9.17, 15) is 19.2 Å². The zero-order valence-corrected chi connectivity index (χ0v) is 28.4. The number of nitrogens with zero attached hydrogens (tertiary/aromatic N) is 1. The van der Waals surface area contributed by atoms with Crippen LogP contribution in [0.4, 0.5) is 14.4 Å². The molecule has 11 heteroatoms. The van der Waals surface area contributed by atoms with Crippen LogP contribution < -0.4 is 10.6 Å². The second kappa shape index (κ2) is 16.9. The van der Waals surface area contributed by atoms with Gasteiger partial charge in [0.25, 0.3) is 0 Å². The molecule has 0 radical (unpaired) electrons. The zero-order valence-electron chi connectivity index (χ0n) is 28.4. The monoisotopic (exact) mass is 651 g/mol. The van der Waals surface area contributed by atoms with Crippen molar-refractivity contribution in [1.82, 2.24) is 15.5 Å². The number of fused-ring (bicyclic) bond motifs is 3. The van der Waals surface area contributed by atoms with Crippen LogP contribution in [-0.2, 0) is 23.7 Å². The third-order valence-electron chi connectivity index (χ3n) is 7.09. The van der Waals surface area contributed by atoms with Gasteiger partial charge >= 0.3 is 24.2 Å². The Morgan fingerprint density at radius 2 is 1.45 bits per heavy atom. The molecule has 1 atom stereocenters. The third-order valence-corrected chi connectivity index (χ3v) is 7.09. The van der Waals surface area contributed by atoms with Crippen molar-refractivity contribution in [3.05, 3.63) is 72.3 Å². The Labute approximate surface area is 278 Å². The Bertz CT molecular complexity index is 1350. The smallest absolute Gasteiger partial charge is 0.410 e. The normalized spacial score (nSPS) is 13.0. The molecule has 0 aromatic heterocycles. The molecule has 0 saturated carbocycles. The fraction of sp³-hybridized carbons (Fsp3) is 0.500. The lowest BCUT2D eigenvalue weighted by atomic mass is 9.98. The van der Waals surface area contributed by atoms with Crippen molar-refractivity contribution in [1.29, 1.82) is 0 Å². The van der Waals surface area contributed by atoms with Crippen LogP contribution in [-0.4, -0.2) is 79.2 Å². The zero-order chi connectivity index (χ0) is 34.6. The van der Waals surface area contributed by atoms with Crippen LogP contribution in [0.1, 0.15) is 77.8 Å². The number of unbranched alkanes of at least 4 members (excludes halogenated alkanes) is 1. The lowest BCUT2D eigenvalue weighted by molar-refractivity contribution is -0.143. The molecule has 0 unspecified atom stereocenters. The van der Waals surface area contributed by atoms with Gasteiger partial charge < -0.3 is 29.6 Å². The molecule has 0 fully saturated rings. The first-order chi connectivity index (χ1) is 22.2. The van der Waals surface area contributed by atoms with Gasteiger partial charge in [-0.1, -0.05) is 61.2 Å². The molecule has 1 aliphatic rings. The predicted octanol–water partition coefficient (Wildman–Crippen LogP) is 6.56. The molecule has 0 bridgehead atoms. The van der Waals surface area contributed by atoms with Gasteiger partial charge in [-0.25, -0.2) is 14.4 Å². The number of carbonyl (C=O) groups is 4. The van der Waals surface area contributed by atoms with E-state index in [1.807, 2.05) is 36.4 Å². The van der Waals surface area contributed by atoms with E-state index >= 15 is 0 Å². The van der Waals surface area contributed by atoms with Crippen LogP contribution in [0, 0.1) is 0 Å². The minimum atomic E-state index is -0.816. The summed E-state index contributed by atoms with van der Waals surface area (Å²) in [6.07, 6.45) is 1.12. The van der Waals surface area contributed by atoms with Gasteiger partial charge in [-0.3, -0.25) is 9.69 Å². The Hall–Kier alpha value is -4.54. The Kier molecular flexibility index (Phi) is 13.2. The van der Waals surface area contributed by atoms with Crippen LogP contribution in [0.3, 0.4) is 0 Å². The van der Waals surface area contributed by atoms with Crippen LogP contribution in [0.15, 0.2) is 61.2 Å². The van der Waals surface area contributed by atoms with Crippen molar-refractivity contribution in [3.63, 3.8) is 0 Å². The summed E-state index contributed by atoms with van der Waals surface area (Å²) < 4.78 is 21.7. The predicted molar refractivity (Wildman–Crippen MR) is 179 cm³/mol. The number of carbonyl (C=O) groups excluding carboxylic acids is 4. The maximum absolute atomic E-state index is 13.2. The highest BCUT2D eigenvalue weighted by atomic mass is 16.6. The molecule has 3 rings (SSSR count). The number of hydrogen-bond donors (Lipinski definition) is 2. The Morgan fingerprint density at radius 1 is 0.851 bits per heavy atom. The summed E-state index contributed by atoms with van der Waals surface area (Å²) in [4.78, 5) is 52.2. The lowest BCUT2D eigenvalue weighted by Crippen LogP contribution is -2.49. The van der Waals surface area contributed by atoms with Crippen LogP contribution >= 0.6 is 0 Å². The molecule has 2 aromatic carbocycles. The third kappa shape index (κ3) is 12.3. The molecule has 0 aliphatic heterocycles. The van der Waals surface area contributed by atoms with Crippen molar-refractivity contribution in [2.45, 2.75) is 84.0 Å². The number of rotatable bonds is 14. The number of esters is 1. The molecule has 2 aromatic rings. The largest absolute Gasteiger partial charge is 0.460 e. The molecule has 256 valence electrons. The summed E-state index contributed by atoms with van der Waals surface area (Å²) in [6.45, 7) is 14.1. The lowest BCUT2D eigenvalue weighted by Gasteiger charge is -2.30. The van der Waals surface area contributed by atoms with Crippen LogP contribution in [0.5, 0.6) is 0 Å². The first-order valence-corrected chi connectivity index (χ1v) is 16.0. The summed E-state index contributed by atoms with van der Waals surface area (Å²) >= 11 is 0. The molecular formula is C36H49N3O8. The van der Waals surface area contributed by atoms with Crippen molar-refractivity contribution < 1.29 is 38.1 Å². The first-order valence-electron chi connectivity index (χ1n) is 16.0. The van der Waals surface area contributed by atoms with Gasteiger partial charge in [-0.15, -0.1) is 0 Å². The van der Waals surface area contributed by atoms with Crippen molar-refractivity contribution >= 4 is 24.2 Å². The van der Waals surface area contributed by atoms with Gasteiger partial charge in [-0.2, -0.15) is 0 Å². The summed E-state index contributed by atoms with van der Waals surface area (Å²) in [6, 6.07) is 15.5. The number of benzene rings is 2. The van der Waals surface area contributed by atoms with Crippen molar-refractivity contribution in [3.8, 4) is 11.1 Å². The quantitative estimate of drug-likeness (QED) is 0.102. The van der Waals surface area contributed by atoms with Gasteiger partial charge in [0, 0.05) is 25.0 Å². The van der Waals surface area contributed by atoms with E-state index in [1.54, 1.807) is 41.5 Å². The van der Waals surface area contributed by atoms with E-state index in [1.165, 1.54) is 11.0 Å². The van der Waals surface area contributed by atoms with Crippen LogP contribution in [0.25, 0.3) is 11.1 Å². The number of hydrogen-bond acceptors (Lipinski definition) is 8. The van der Waals surface area contributed by atoms with Crippen molar-refractivity contribution in [2.24, 2.45) is 0 Å². The number of alkyl carbamates (subject to hydrolysis) is 2. The topological polar surface area (TPSA) is 132 Å². The SMILES string of the molecule is C=CCOC(=O)CN(C[C@H](CCCCNC(=O)OC(C)(C)C)NC(=O)OCC1c2ccccc2-c2ccccc21)C(=O)OC(C)(C)C. The fourth-order valence-corrected chi connectivity index (χ4v) is 5.19. The average Bonchev–Trinajstić information content (AvgIpc) is 3.30. The standard InChI is InChI=1S/C36H49N3O8/c1-8-21-44-31(40)23-39(34(43)47-36(5,6)7)22-25(15-13-14-20-37-32(41)46-35(2,3)4)38-33(42)45-24-30-28-18-11-9-16-26(28)27-17-10-12-19-29(27)30/h8-12,16-19,25,30H,1,13-15,20-24H2,2-7H3,(H,37,41)(H,38,42)/t25-/m0/s1. The molecular weight excluding hydrogens is 602 g/mol. The second-order valence-electron chi connectivity index (χ2n) is 13.4. The summed E-state index contributed by atoms with van der Waals surface area (Å²) in [7, 11) is 0. The van der Waals surface area contributed by atoms with E-state index in [0.29, 0.717) is 25.8 Å². The minimum absolute atomic E-state index is 0.00688. The van der Waals surface area contributed by atoms with E-state index in [0.717, 1.165) is 22.3 Å². The first kappa shape index (κ1) is 36.9. The van der Waals surface area contributed by atoms with Gasteiger partial charge in [0.1, 0.15) is 31.0 Å². The molecule has 47 heavy (non-hydrogen) atoms. The van der Waals surface area contributed by atoms with E-state index in [-0.39, 0.29) is 32.2 Å². The molecule has 0 saturated heterocycles. The average molecular weight is 652 g/mol. The molecule has 1 aliphatic carbocycles. The molecule has 0 heterocycles. The summed E-state index contributed by atoms with van der Waals surface area (Å²) in [5.41, 5.74) is 2.98. The Morgan fingerprint density at radius 3 is 2.02 bits per heavy atom. The number of amides is 3.